The highest BCUT2D eigenvalue weighted by atomic mass is 15.0. The van der Waals surface area contributed by atoms with Crippen LogP contribution in [0.2, 0.25) is 0 Å². The standard InChI is InChI=1S/C32H24N4/c33-27-17-7-3-12-23(27)11-1-2-13-24-14-4-10-20-30(24)36-31(25-15-5-8-18-28(25)34)21-22-32(36)26-16-6-9-19-29(26)35/h3-10,12,14-22H,33-35H2. The maximum absolute atomic E-state index is 6.39. The van der Waals surface area contributed by atoms with Gasteiger partial charge in [-0.25, -0.2) is 0 Å². The lowest BCUT2D eigenvalue weighted by Crippen LogP contribution is -2.04. The third-order valence-electron chi connectivity index (χ3n) is 5.92. The molecule has 4 aromatic carbocycles. The summed E-state index contributed by atoms with van der Waals surface area (Å²) in [6.07, 6.45) is 0. The largest absolute Gasteiger partial charge is 0.398 e. The van der Waals surface area contributed by atoms with Crippen LogP contribution in [0.4, 0.5) is 17.1 Å². The molecule has 36 heavy (non-hydrogen) atoms. The van der Waals surface area contributed by atoms with Crippen LogP contribution in [-0.4, -0.2) is 4.57 Å². The van der Waals surface area contributed by atoms with Gasteiger partial charge in [0.15, 0.2) is 0 Å². The molecule has 0 saturated carbocycles. The van der Waals surface area contributed by atoms with E-state index >= 15 is 0 Å². The van der Waals surface area contributed by atoms with Crippen LogP contribution in [0.3, 0.4) is 0 Å². The number of anilines is 3. The van der Waals surface area contributed by atoms with Crippen molar-refractivity contribution in [1.29, 1.82) is 0 Å². The Morgan fingerprint density at radius 1 is 0.444 bits per heavy atom. The van der Waals surface area contributed by atoms with E-state index in [0.29, 0.717) is 17.1 Å². The van der Waals surface area contributed by atoms with E-state index in [9.17, 15) is 0 Å². The van der Waals surface area contributed by atoms with Gasteiger partial charge < -0.3 is 21.8 Å². The summed E-state index contributed by atoms with van der Waals surface area (Å²) in [4.78, 5) is 0. The van der Waals surface area contributed by atoms with Crippen molar-refractivity contribution in [2.75, 3.05) is 17.2 Å². The molecule has 0 radical (unpaired) electrons. The minimum atomic E-state index is 0.634. The fraction of sp³-hybridized carbons (Fsp3) is 0. The molecule has 0 bridgehead atoms. The zero-order chi connectivity index (χ0) is 24.9. The SMILES string of the molecule is Nc1ccccc1C#CC#Cc1ccccc1-n1c(-c2ccccc2N)ccc1-c1ccccc1N. The van der Waals surface area contributed by atoms with Crippen molar-refractivity contribution in [1.82, 2.24) is 4.57 Å². The summed E-state index contributed by atoms with van der Waals surface area (Å²) in [5.74, 6) is 12.2. The lowest BCUT2D eigenvalue weighted by molar-refractivity contribution is 1.09. The fourth-order valence-corrected chi connectivity index (χ4v) is 4.16. The summed E-state index contributed by atoms with van der Waals surface area (Å²) >= 11 is 0. The molecule has 172 valence electrons. The van der Waals surface area contributed by atoms with Crippen LogP contribution in [0, 0.1) is 23.7 Å². The van der Waals surface area contributed by atoms with E-state index in [1.54, 1.807) is 0 Å². The van der Waals surface area contributed by atoms with Crippen molar-refractivity contribution >= 4 is 17.1 Å². The average molecular weight is 465 g/mol. The molecule has 1 aromatic heterocycles. The van der Waals surface area contributed by atoms with Crippen LogP contribution in [0.25, 0.3) is 28.2 Å². The lowest BCUT2D eigenvalue weighted by atomic mass is 10.1. The van der Waals surface area contributed by atoms with Gasteiger partial charge in [0.1, 0.15) is 0 Å². The molecule has 4 nitrogen and oxygen atoms in total. The smallest absolute Gasteiger partial charge is 0.0619 e. The number of nitrogens with two attached hydrogens (primary N) is 3. The number of rotatable bonds is 3. The van der Waals surface area contributed by atoms with Crippen LogP contribution in [0.1, 0.15) is 11.1 Å². The Morgan fingerprint density at radius 3 is 1.44 bits per heavy atom. The summed E-state index contributed by atoms with van der Waals surface area (Å²) in [6.45, 7) is 0. The van der Waals surface area contributed by atoms with Crippen molar-refractivity contribution in [2.45, 2.75) is 0 Å². The molecule has 0 aliphatic carbocycles. The second kappa shape index (κ2) is 9.89. The Bertz CT molecular complexity index is 1620. The molecule has 0 atom stereocenters. The van der Waals surface area contributed by atoms with Crippen molar-refractivity contribution in [2.24, 2.45) is 0 Å². The molecule has 5 rings (SSSR count). The number of nitrogens with zero attached hydrogens (tertiary/aromatic N) is 1. The molecule has 1 heterocycles. The zero-order valence-corrected chi connectivity index (χ0v) is 19.6. The van der Waals surface area contributed by atoms with Crippen molar-refractivity contribution in [3.05, 3.63) is 120 Å². The van der Waals surface area contributed by atoms with E-state index in [1.165, 1.54) is 0 Å². The Kier molecular flexibility index (Phi) is 6.17. The van der Waals surface area contributed by atoms with E-state index in [2.05, 4.69) is 40.4 Å². The molecular weight excluding hydrogens is 440 g/mol. The number of nitrogen functional groups attached to an aromatic ring is 3. The highest BCUT2D eigenvalue weighted by molar-refractivity contribution is 5.83. The Morgan fingerprint density at radius 2 is 0.889 bits per heavy atom. The third-order valence-corrected chi connectivity index (χ3v) is 5.92. The first kappa shape index (κ1) is 22.5. The van der Waals surface area contributed by atoms with Gasteiger partial charge in [-0.1, -0.05) is 72.5 Å². The van der Waals surface area contributed by atoms with Crippen molar-refractivity contribution in [3.63, 3.8) is 0 Å². The monoisotopic (exact) mass is 464 g/mol. The topological polar surface area (TPSA) is 83.0 Å². The van der Waals surface area contributed by atoms with Crippen LogP contribution < -0.4 is 17.2 Å². The van der Waals surface area contributed by atoms with Gasteiger partial charge >= 0.3 is 0 Å². The van der Waals surface area contributed by atoms with Gasteiger partial charge in [0.05, 0.1) is 17.1 Å². The van der Waals surface area contributed by atoms with Gasteiger partial charge in [0, 0.05) is 39.3 Å². The second-order valence-electron chi connectivity index (χ2n) is 8.22. The van der Waals surface area contributed by atoms with Crippen LogP contribution in [0.5, 0.6) is 0 Å². The molecule has 0 fully saturated rings. The summed E-state index contributed by atoms with van der Waals surface area (Å²) in [5, 5.41) is 0. The van der Waals surface area contributed by atoms with Gasteiger partial charge in [-0.3, -0.25) is 0 Å². The minimum absolute atomic E-state index is 0.634. The van der Waals surface area contributed by atoms with Crippen LogP contribution in [-0.2, 0) is 0 Å². The first-order valence-electron chi connectivity index (χ1n) is 11.5. The summed E-state index contributed by atoms with van der Waals surface area (Å²) in [5.41, 5.74) is 27.0. The molecule has 6 N–H and O–H groups in total. The van der Waals surface area contributed by atoms with E-state index in [1.807, 2.05) is 97.1 Å². The maximum Gasteiger partial charge on any atom is 0.0619 e. The molecule has 0 aliphatic heterocycles. The number of hydrogen-bond donors (Lipinski definition) is 3. The van der Waals surface area contributed by atoms with E-state index < -0.39 is 0 Å². The third kappa shape index (κ3) is 4.40. The highest BCUT2D eigenvalue weighted by Crippen LogP contribution is 2.37. The first-order chi connectivity index (χ1) is 17.6. The van der Waals surface area contributed by atoms with Crippen molar-refractivity contribution in [3.8, 4) is 51.9 Å². The van der Waals surface area contributed by atoms with E-state index in [0.717, 1.165) is 39.3 Å². The maximum atomic E-state index is 6.39. The summed E-state index contributed by atoms with van der Waals surface area (Å²) in [6, 6.07) is 35.3. The van der Waals surface area contributed by atoms with E-state index in [-0.39, 0.29) is 0 Å². The van der Waals surface area contributed by atoms with E-state index in [4.69, 9.17) is 17.2 Å². The number of aromatic nitrogens is 1. The molecule has 0 spiro atoms. The average Bonchev–Trinajstić information content (AvgIpc) is 3.33. The Hall–Kier alpha value is -5.32. The number of para-hydroxylation sites is 4. The quantitative estimate of drug-likeness (QED) is 0.228. The minimum Gasteiger partial charge on any atom is -0.398 e. The fourth-order valence-electron chi connectivity index (χ4n) is 4.16. The predicted molar refractivity (Wildman–Crippen MR) is 150 cm³/mol. The zero-order valence-electron chi connectivity index (χ0n) is 19.6. The molecule has 0 amide bonds. The van der Waals surface area contributed by atoms with Gasteiger partial charge in [-0.2, -0.15) is 0 Å². The lowest BCUT2D eigenvalue weighted by Gasteiger charge is -2.17. The first-order valence-corrected chi connectivity index (χ1v) is 11.5. The van der Waals surface area contributed by atoms with Gasteiger partial charge in [0.25, 0.3) is 0 Å². The molecule has 0 saturated heterocycles. The molecule has 0 unspecified atom stereocenters. The molecule has 4 heteroatoms. The van der Waals surface area contributed by atoms with Crippen molar-refractivity contribution < 1.29 is 0 Å². The van der Waals surface area contributed by atoms with Crippen LogP contribution >= 0.6 is 0 Å². The molecule has 0 aliphatic rings. The van der Waals surface area contributed by atoms with Gasteiger partial charge in [-0.15, -0.1) is 0 Å². The molecule has 5 aromatic rings. The number of benzene rings is 4. The van der Waals surface area contributed by atoms with Crippen LogP contribution in [0.15, 0.2) is 109 Å². The summed E-state index contributed by atoms with van der Waals surface area (Å²) < 4.78 is 2.16. The normalized spacial score (nSPS) is 10.1. The Balaban J connectivity index is 1.68. The summed E-state index contributed by atoms with van der Waals surface area (Å²) in [7, 11) is 0. The van der Waals surface area contributed by atoms with Gasteiger partial charge in [-0.05, 0) is 60.4 Å². The highest BCUT2D eigenvalue weighted by Gasteiger charge is 2.18. The Labute approximate surface area is 211 Å². The van der Waals surface area contributed by atoms with Gasteiger partial charge in [0.2, 0.25) is 0 Å². The molecular formula is C32H24N4. The predicted octanol–water partition coefficient (Wildman–Crippen LogP) is 5.96. The number of hydrogen-bond acceptors (Lipinski definition) is 3. The second-order valence-corrected chi connectivity index (χ2v) is 8.22.